The number of esters is 1. The van der Waals surface area contributed by atoms with Gasteiger partial charge in [0.15, 0.2) is 5.69 Å². The molecule has 0 spiro atoms. The third-order valence-electron chi connectivity index (χ3n) is 2.96. The molecule has 0 bridgehead atoms. The molecule has 6 heteroatoms. The summed E-state index contributed by atoms with van der Waals surface area (Å²) in [6, 6.07) is 4.37. The Kier molecular flexibility index (Phi) is 3.74. The van der Waals surface area contributed by atoms with E-state index in [1.807, 2.05) is 6.92 Å². The smallest absolute Gasteiger partial charge is 0.360 e. The van der Waals surface area contributed by atoms with Crippen molar-refractivity contribution in [2.45, 2.75) is 20.8 Å². The first-order chi connectivity index (χ1) is 9.45. The van der Waals surface area contributed by atoms with Crippen LogP contribution in [-0.4, -0.2) is 22.1 Å². The maximum Gasteiger partial charge on any atom is 0.360 e. The Hall–Kier alpha value is -2.37. The minimum atomic E-state index is -0.582. The van der Waals surface area contributed by atoms with Crippen molar-refractivity contribution in [2.75, 3.05) is 12.3 Å². The SMILES string of the molecule is CCOC(=O)c1nc(C)n(-c2cc(F)ccc2C)c1N. The molecular weight excluding hydrogens is 261 g/mol. The maximum absolute atomic E-state index is 13.4. The highest BCUT2D eigenvalue weighted by Crippen LogP contribution is 2.24. The number of hydrogen-bond donors (Lipinski definition) is 1. The number of nitrogens with zero attached hydrogens (tertiary/aromatic N) is 2. The lowest BCUT2D eigenvalue weighted by Crippen LogP contribution is -2.10. The molecule has 1 heterocycles. The van der Waals surface area contributed by atoms with Crippen LogP contribution < -0.4 is 5.73 Å². The summed E-state index contributed by atoms with van der Waals surface area (Å²) in [5.41, 5.74) is 7.40. The van der Waals surface area contributed by atoms with Crippen LogP contribution in [0.3, 0.4) is 0 Å². The number of aromatic nitrogens is 2. The van der Waals surface area contributed by atoms with Gasteiger partial charge in [0.05, 0.1) is 12.3 Å². The normalized spacial score (nSPS) is 10.6. The third-order valence-corrected chi connectivity index (χ3v) is 2.96. The van der Waals surface area contributed by atoms with Gasteiger partial charge in [-0.15, -0.1) is 0 Å². The molecule has 2 N–H and O–H groups in total. The van der Waals surface area contributed by atoms with Crippen molar-refractivity contribution >= 4 is 11.8 Å². The van der Waals surface area contributed by atoms with E-state index < -0.39 is 5.97 Å². The van der Waals surface area contributed by atoms with Crippen molar-refractivity contribution < 1.29 is 13.9 Å². The number of aryl methyl sites for hydroxylation is 2. The molecule has 2 aromatic rings. The van der Waals surface area contributed by atoms with Crippen LogP contribution in [0, 0.1) is 19.7 Å². The van der Waals surface area contributed by atoms with Crippen LogP contribution in [0.2, 0.25) is 0 Å². The number of hydrogen-bond acceptors (Lipinski definition) is 4. The number of benzene rings is 1. The number of nitrogens with two attached hydrogens (primary N) is 1. The third kappa shape index (κ3) is 2.36. The molecule has 0 unspecified atom stereocenters. The second-order valence-electron chi connectivity index (χ2n) is 4.38. The van der Waals surface area contributed by atoms with Crippen LogP contribution in [0.25, 0.3) is 5.69 Å². The van der Waals surface area contributed by atoms with Crippen molar-refractivity contribution in [3.63, 3.8) is 0 Å². The largest absolute Gasteiger partial charge is 0.461 e. The number of carbonyl (C=O) groups excluding carboxylic acids is 1. The van der Waals surface area contributed by atoms with E-state index in [1.54, 1.807) is 24.5 Å². The average Bonchev–Trinajstić information content (AvgIpc) is 2.68. The lowest BCUT2D eigenvalue weighted by atomic mass is 10.2. The van der Waals surface area contributed by atoms with Gasteiger partial charge in [0.25, 0.3) is 0 Å². The molecule has 106 valence electrons. The first-order valence-electron chi connectivity index (χ1n) is 6.24. The minimum absolute atomic E-state index is 0.0491. The van der Waals surface area contributed by atoms with Gasteiger partial charge in [-0.05, 0) is 38.5 Å². The predicted octanol–water partition coefficient (Wildman–Crippen LogP) is 2.39. The summed E-state index contributed by atoms with van der Waals surface area (Å²) >= 11 is 0. The molecule has 0 saturated carbocycles. The van der Waals surface area contributed by atoms with E-state index in [0.717, 1.165) is 5.56 Å². The molecule has 0 aliphatic heterocycles. The zero-order valence-corrected chi connectivity index (χ0v) is 11.6. The van der Waals surface area contributed by atoms with E-state index in [2.05, 4.69) is 4.98 Å². The number of nitrogen functional groups attached to an aromatic ring is 1. The van der Waals surface area contributed by atoms with E-state index in [-0.39, 0.29) is 23.9 Å². The van der Waals surface area contributed by atoms with Crippen molar-refractivity contribution in [3.8, 4) is 5.69 Å². The van der Waals surface area contributed by atoms with Gasteiger partial charge in [-0.1, -0.05) is 6.07 Å². The second-order valence-corrected chi connectivity index (χ2v) is 4.38. The van der Waals surface area contributed by atoms with Crippen LogP contribution in [0.4, 0.5) is 10.2 Å². The highest BCUT2D eigenvalue weighted by molar-refractivity contribution is 5.92. The summed E-state index contributed by atoms with van der Waals surface area (Å²) in [5, 5.41) is 0. The summed E-state index contributed by atoms with van der Waals surface area (Å²) in [4.78, 5) is 15.9. The predicted molar refractivity (Wildman–Crippen MR) is 73.4 cm³/mol. The van der Waals surface area contributed by atoms with Gasteiger partial charge in [0.2, 0.25) is 0 Å². The second kappa shape index (κ2) is 5.32. The van der Waals surface area contributed by atoms with Crippen LogP contribution in [0.1, 0.15) is 28.8 Å². The highest BCUT2D eigenvalue weighted by atomic mass is 19.1. The molecule has 0 fully saturated rings. The van der Waals surface area contributed by atoms with Gasteiger partial charge in [0.1, 0.15) is 17.5 Å². The van der Waals surface area contributed by atoms with Crippen molar-refractivity contribution in [1.82, 2.24) is 9.55 Å². The van der Waals surface area contributed by atoms with Crippen LogP contribution >= 0.6 is 0 Å². The van der Waals surface area contributed by atoms with E-state index in [9.17, 15) is 9.18 Å². The Morgan fingerprint density at radius 2 is 2.15 bits per heavy atom. The summed E-state index contributed by atoms with van der Waals surface area (Å²) in [7, 11) is 0. The minimum Gasteiger partial charge on any atom is -0.461 e. The highest BCUT2D eigenvalue weighted by Gasteiger charge is 2.21. The summed E-state index contributed by atoms with van der Waals surface area (Å²) < 4.78 is 19.9. The molecule has 0 aliphatic rings. The molecule has 2 rings (SSSR count). The van der Waals surface area contributed by atoms with Crippen LogP contribution in [-0.2, 0) is 4.74 Å². The Bertz CT molecular complexity index is 665. The van der Waals surface area contributed by atoms with E-state index in [0.29, 0.717) is 11.5 Å². The molecular formula is C14H16FN3O2. The number of halogens is 1. The van der Waals surface area contributed by atoms with Gasteiger partial charge >= 0.3 is 5.97 Å². The lowest BCUT2D eigenvalue weighted by Gasteiger charge is -2.11. The lowest BCUT2D eigenvalue weighted by molar-refractivity contribution is 0.0521. The number of anilines is 1. The molecule has 0 saturated heterocycles. The van der Waals surface area contributed by atoms with Gasteiger partial charge in [0, 0.05) is 0 Å². The molecule has 5 nitrogen and oxygen atoms in total. The Labute approximate surface area is 116 Å². The Morgan fingerprint density at radius 1 is 1.45 bits per heavy atom. The fourth-order valence-electron chi connectivity index (χ4n) is 2.03. The molecule has 0 aliphatic carbocycles. The summed E-state index contributed by atoms with van der Waals surface area (Å²) in [6.45, 7) is 5.47. The fraction of sp³-hybridized carbons (Fsp3) is 0.286. The van der Waals surface area contributed by atoms with Gasteiger partial charge in [-0.3, -0.25) is 4.57 Å². The van der Waals surface area contributed by atoms with Gasteiger partial charge < -0.3 is 10.5 Å². The van der Waals surface area contributed by atoms with Crippen molar-refractivity contribution in [1.29, 1.82) is 0 Å². The monoisotopic (exact) mass is 277 g/mol. The number of rotatable bonds is 3. The molecule has 1 aromatic heterocycles. The average molecular weight is 277 g/mol. The molecule has 0 radical (unpaired) electrons. The summed E-state index contributed by atoms with van der Waals surface area (Å²) in [5.74, 6) is -0.314. The molecule has 0 amide bonds. The topological polar surface area (TPSA) is 70.1 Å². The van der Waals surface area contributed by atoms with E-state index in [1.165, 1.54) is 12.1 Å². The Morgan fingerprint density at radius 3 is 2.80 bits per heavy atom. The standard InChI is InChI=1S/C14H16FN3O2/c1-4-20-14(19)12-13(16)18(9(3)17-12)11-7-10(15)6-5-8(11)2/h5-7H,4,16H2,1-3H3. The van der Waals surface area contributed by atoms with Crippen LogP contribution in [0.15, 0.2) is 18.2 Å². The zero-order chi connectivity index (χ0) is 14.9. The zero-order valence-electron chi connectivity index (χ0n) is 11.6. The first kappa shape index (κ1) is 14.0. The fourth-order valence-corrected chi connectivity index (χ4v) is 2.03. The van der Waals surface area contributed by atoms with Crippen molar-refractivity contribution in [3.05, 3.63) is 41.1 Å². The van der Waals surface area contributed by atoms with Crippen molar-refractivity contribution in [2.24, 2.45) is 0 Å². The quantitative estimate of drug-likeness (QED) is 0.874. The van der Waals surface area contributed by atoms with E-state index in [4.69, 9.17) is 10.5 Å². The molecule has 0 atom stereocenters. The summed E-state index contributed by atoms with van der Waals surface area (Å²) in [6.07, 6.45) is 0. The molecule has 1 aromatic carbocycles. The number of ether oxygens (including phenoxy) is 1. The van der Waals surface area contributed by atoms with Crippen LogP contribution in [0.5, 0.6) is 0 Å². The number of carbonyl (C=O) groups is 1. The number of imidazole rings is 1. The Balaban J connectivity index is 2.58. The van der Waals surface area contributed by atoms with Gasteiger partial charge in [-0.25, -0.2) is 14.2 Å². The first-order valence-corrected chi connectivity index (χ1v) is 6.24. The maximum atomic E-state index is 13.4. The van der Waals surface area contributed by atoms with Gasteiger partial charge in [-0.2, -0.15) is 0 Å². The van der Waals surface area contributed by atoms with E-state index >= 15 is 0 Å². The molecule has 20 heavy (non-hydrogen) atoms.